The van der Waals surface area contributed by atoms with Crippen molar-refractivity contribution in [2.45, 2.75) is 25.2 Å². The zero-order valence-electron chi connectivity index (χ0n) is 15.3. The maximum Gasteiger partial charge on any atom is 0.442 e. The van der Waals surface area contributed by atoms with E-state index in [-0.39, 0.29) is 17.9 Å². The monoisotopic (exact) mass is 423 g/mol. The van der Waals surface area contributed by atoms with Crippen LogP contribution in [-0.4, -0.2) is 40.9 Å². The van der Waals surface area contributed by atoms with Gasteiger partial charge in [0.05, 0.1) is 0 Å². The molecule has 0 radical (unpaired) electrons. The van der Waals surface area contributed by atoms with Gasteiger partial charge in [-0.1, -0.05) is 48.9 Å². The van der Waals surface area contributed by atoms with Crippen LogP contribution in [0.25, 0.3) is 0 Å². The summed E-state index contributed by atoms with van der Waals surface area (Å²) in [5.74, 6) is -2.55. The average Bonchev–Trinajstić information content (AvgIpc) is 2.96. The highest BCUT2D eigenvalue weighted by atomic mass is 35.5. The Bertz CT molecular complexity index is 946. The van der Waals surface area contributed by atoms with E-state index in [1.165, 1.54) is 24.3 Å². The fourth-order valence-electron chi connectivity index (χ4n) is 2.97. The number of carbonyl (C=O) groups is 2. The molecule has 29 heavy (non-hydrogen) atoms. The van der Waals surface area contributed by atoms with Crippen LogP contribution in [0.2, 0.25) is 5.02 Å². The van der Waals surface area contributed by atoms with Crippen molar-refractivity contribution < 1.29 is 22.8 Å². The van der Waals surface area contributed by atoms with Crippen LogP contribution in [0.4, 0.5) is 13.2 Å². The van der Waals surface area contributed by atoms with Crippen molar-refractivity contribution in [2.24, 2.45) is 4.99 Å². The molecule has 152 valence electrons. The number of amidine groups is 1. The molecule has 5 nitrogen and oxygen atoms in total. The zero-order chi connectivity index (χ0) is 21.2. The maximum atomic E-state index is 14.1. The van der Waals surface area contributed by atoms with E-state index >= 15 is 0 Å². The van der Waals surface area contributed by atoms with Crippen molar-refractivity contribution in [3.8, 4) is 0 Å². The van der Waals surface area contributed by atoms with Crippen molar-refractivity contribution in [2.75, 3.05) is 6.54 Å². The van der Waals surface area contributed by atoms with E-state index in [9.17, 15) is 22.8 Å². The third kappa shape index (κ3) is 3.85. The van der Waals surface area contributed by atoms with E-state index in [1.54, 1.807) is 37.3 Å². The second-order valence-corrected chi connectivity index (χ2v) is 6.86. The van der Waals surface area contributed by atoms with Crippen molar-refractivity contribution in [1.82, 2.24) is 10.2 Å². The summed E-state index contributed by atoms with van der Waals surface area (Å²) in [5, 5.41) is 2.14. The van der Waals surface area contributed by atoms with Crippen LogP contribution < -0.4 is 5.32 Å². The van der Waals surface area contributed by atoms with Crippen LogP contribution in [0.3, 0.4) is 0 Å². The topological polar surface area (TPSA) is 61.8 Å². The first-order valence-electron chi connectivity index (χ1n) is 8.81. The van der Waals surface area contributed by atoms with Crippen LogP contribution >= 0.6 is 11.6 Å². The molecule has 2 amide bonds. The Kier molecular flexibility index (Phi) is 5.66. The van der Waals surface area contributed by atoms with Gasteiger partial charge < -0.3 is 5.32 Å². The molecule has 2 aromatic carbocycles. The number of halogens is 4. The Balaban J connectivity index is 2.08. The highest BCUT2D eigenvalue weighted by molar-refractivity contribution is 6.30. The van der Waals surface area contributed by atoms with Crippen LogP contribution in [-0.2, 0) is 4.79 Å². The third-order valence-electron chi connectivity index (χ3n) is 4.37. The Hall–Kier alpha value is -2.87. The lowest BCUT2D eigenvalue weighted by molar-refractivity contribution is -0.196. The van der Waals surface area contributed by atoms with E-state index in [0.29, 0.717) is 17.0 Å². The molecular weight excluding hydrogens is 407 g/mol. The maximum absolute atomic E-state index is 14.1. The summed E-state index contributed by atoms with van der Waals surface area (Å²) in [6, 6.07) is 13.4. The molecule has 0 saturated heterocycles. The molecule has 1 N–H and O–H groups in total. The number of nitrogens with zero attached hydrogens (tertiary/aromatic N) is 2. The summed E-state index contributed by atoms with van der Waals surface area (Å²) in [6.07, 6.45) is -4.73. The van der Waals surface area contributed by atoms with Crippen molar-refractivity contribution >= 4 is 29.3 Å². The Morgan fingerprint density at radius 2 is 1.76 bits per heavy atom. The quantitative estimate of drug-likeness (QED) is 0.789. The van der Waals surface area contributed by atoms with E-state index in [2.05, 4.69) is 4.99 Å². The van der Waals surface area contributed by atoms with Gasteiger partial charge in [0, 0.05) is 22.7 Å². The highest BCUT2D eigenvalue weighted by Gasteiger charge is 2.67. The van der Waals surface area contributed by atoms with E-state index in [0.717, 1.165) is 4.90 Å². The normalized spacial score (nSPS) is 19.3. The molecular formula is C20H17ClF3N3O2. The predicted octanol–water partition coefficient (Wildman–Crippen LogP) is 4.03. The molecule has 1 aliphatic rings. The van der Waals surface area contributed by atoms with Crippen molar-refractivity contribution in [3.05, 3.63) is 70.7 Å². The number of hydrogen-bond donors (Lipinski definition) is 1. The molecule has 0 spiro atoms. The Labute approximate surface area is 170 Å². The first kappa shape index (κ1) is 20.9. The van der Waals surface area contributed by atoms with Gasteiger partial charge in [0.2, 0.25) is 0 Å². The fraction of sp³-hybridized carbons (Fsp3) is 0.250. The largest absolute Gasteiger partial charge is 0.442 e. The number of hydrogen-bond acceptors (Lipinski definition) is 3. The molecule has 2 aromatic rings. The van der Waals surface area contributed by atoms with Crippen molar-refractivity contribution in [1.29, 1.82) is 0 Å². The minimum absolute atomic E-state index is 0.0290. The molecule has 0 fully saturated rings. The Morgan fingerprint density at radius 1 is 1.14 bits per heavy atom. The number of amides is 2. The summed E-state index contributed by atoms with van der Waals surface area (Å²) in [7, 11) is 0. The molecule has 1 aliphatic heterocycles. The molecule has 3 rings (SSSR count). The molecule has 0 unspecified atom stereocenters. The van der Waals surface area contributed by atoms with E-state index in [4.69, 9.17) is 11.6 Å². The lowest BCUT2D eigenvalue weighted by Gasteiger charge is -2.29. The lowest BCUT2D eigenvalue weighted by atomic mass is 10.1. The highest BCUT2D eigenvalue weighted by Crippen LogP contribution is 2.38. The molecule has 9 heteroatoms. The van der Waals surface area contributed by atoms with Gasteiger partial charge in [-0.3, -0.25) is 14.5 Å². The molecule has 0 aromatic heterocycles. The summed E-state index contributed by atoms with van der Waals surface area (Å²) >= 11 is 5.76. The minimum atomic E-state index is -5.14. The second kappa shape index (κ2) is 7.87. The third-order valence-corrected chi connectivity index (χ3v) is 4.63. The van der Waals surface area contributed by atoms with Gasteiger partial charge in [-0.15, -0.1) is 0 Å². The van der Waals surface area contributed by atoms with Crippen molar-refractivity contribution in [3.63, 3.8) is 0 Å². The van der Waals surface area contributed by atoms with Gasteiger partial charge in [0.1, 0.15) is 5.84 Å². The standard InChI is InChI=1S/C20H17ClF3N3O2/c1-2-12-27-16(13-6-4-3-5-7-13)25-19(18(27)29,20(22,23)24)26-17(28)14-8-10-15(21)11-9-14/h3-11H,2,12H2,1H3,(H,26,28)/t19-/m0/s1. The molecule has 0 saturated carbocycles. The number of carbonyl (C=O) groups excluding carboxylic acids is 2. The van der Waals surface area contributed by atoms with Crippen LogP contribution in [0.5, 0.6) is 0 Å². The van der Waals surface area contributed by atoms with Crippen LogP contribution in [0.15, 0.2) is 59.6 Å². The predicted molar refractivity (Wildman–Crippen MR) is 103 cm³/mol. The van der Waals surface area contributed by atoms with Gasteiger partial charge in [-0.2, -0.15) is 13.2 Å². The number of aliphatic imine (C=N–C) groups is 1. The first-order valence-corrected chi connectivity index (χ1v) is 9.19. The molecule has 0 aliphatic carbocycles. The smallest absolute Gasteiger partial charge is 0.312 e. The van der Waals surface area contributed by atoms with Gasteiger partial charge in [-0.05, 0) is 30.7 Å². The number of rotatable bonds is 5. The second-order valence-electron chi connectivity index (χ2n) is 6.43. The summed E-state index contributed by atoms with van der Waals surface area (Å²) < 4.78 is 42.4. The first-order chi connectivity index (χ1) is 13.7. The Morgan fingerprint density at radius 3 is 2.31 bits per heavy atom. The zero-order valence-corrected chi connectivity index (χ0v) is 16.1. The van der Waals surface area contributed by atoms with Gasteiger partial charge in [-0.25, -0.2) is 4.99 Å². The number of benzene rings is 2. The van der Waals surface area contributed by atoms with Crippen LogP contribution in [0, 0.1) is 0 Å². The average molecular weight is 424 g/mol. The summed E-state index contributed by atoms with van der Waals surface area (Å²) in [6.45, 7) is 1.76. The van der Waals surface area contributed by atoms with Gasteiger partial charge >= 0.3 is 11.8 Å². The van der Waals surface area contributed by atoms with Gasteiger partial charge in [0.25, 0.3) is 11.8 Å². The lowest BCUT2D eigenvalue weighted by Crippen LogP contribution is -2.63. The summed E-state index contributed by atoms with van der Waals surface area (Å²) in [4.78, 5) is 30.1. The van der Waals surface area contributed by atoms with Crippen LogP contribution in [0.1, 0.15) is 29.3 Å². The van der Waals surface area contributed by atoms with E-state index < -0.39 is 23.7 Å². The molecule has 1 heterocycles. The fourth-order valence-corrected chi connectivity index (χ4v) is 3.10. The molecule has 0 bridgehead atoms. The molecule has 1 atom stereocenters. The van der Waals surface area contributed by atoms with Gasteiger partial charge in [0.15, 0.2) is 0 Å². The SMILES string of the molecule is CCCN1C(=O)[C@](NC(=O)c2ccc(Cl)cc2)(C(F)(F)F)N=C1c1ccccc1. The summed E-state index contributed by atoms with van der Waals surface area (Å²) in [5.41, 5.74) is -3.12. The van der Waals surface area contributed by atoms with E-state index in [1.807, 2.05) is 5.32 Å². The number of nitrogens with one attached hydrogen (secondary N) is 1. The minimum Gasteiger partial charge on any atom is -0.312 e. The number of alkyl halides is 3.